The topological polar surface area (TPSA) is 77.4 Å². The highest BCUT2D eigenvalue weighted by Crippen LogP contribution is 2.23. The van der Waals surface area contributed by atoms with Crippen molar-refractivity contribution in [2.45, 2.75) is 18.5 Å². The van der Waals surface area contributed by atoms with E-state index in [9.17, 15) is 0 Å². The first-order valence-electron chi connectivity index (χ1n) is 5.08. The summed E-state index contributed by atoms with van der Waals surface area (Å²) in [4.78, 5) is 0. The van der Waals surface area contributed by atoms with Crippen LogP contribution in [0.3, 0.4) is 0 Å². The van der Waals surface area contributed by atoms with Crippen LogP contribution in [0.25, 0.3) is 0 Å². The highest BCUT2D eigenvalue weighted by molar-refractivity contribution is 6.67. The van der Waals surface area contributed by atoms with Crippen LogP contribution in [0.2, 0.25) is 12.0 Å². The Morgan fingerprint density at radius 1 is 0.875 bits per heavy atom. The molecule has 0 saturated carbocycles. The van der Waals surface area contributed by atoms with Gasteiger partial charge in [-0.15, -0.1) is 0 Å². The minimum atomic E-state index is -1.36. The van der Waals surface area contributed by atoms with Crippen molar-refractivity contribution in [1.82, 2.24) is 0 Å². The van der Waals surface area contributed by atoms with E-state index in [0.717, 1.165) is 0 Å². The van der Waals surface area contributed by atoms with E-state index < -0.39 is 21.4 Å². The molecule has 0 atom stereocenters. The third-order valence-electron chi connectivity index (χ3n) is 2.39. The van der Waals surface area contributed by atoms with Crippen molar-refractivity contribution in [3.05, 3.63) is 0 Å². The van der Waals surface area contributed by atoms with Gasteiger partial charge >= 0.3 is 21.4 Å². The Morgan fingerprint density at radius 3 is 1.50 bits per heavy atom. The van der Waals surface area contributed by atoms with E-state index in [1.165, 1.54) is 28.4 Å². The van der Waals surface area contributed by atoms with Gasteiger partial charge in [-0.1, -0.05) is 6.42 Å². The van der Waals surface area contributed by atoms with Crippen LogP contribution in [0, 0.1) is 0 Å². The van der Waals surface area contributed by atoms with Gasteiger partial charge in [0.2, 0.25) is 0 Å². The number of rotatable bonds is 9. The van der Waals surface area contributed by atoms with Crippen LogP contribution < -0.4 is 0 Å². The summed E-state index contributed by atoms with van der Waals surface area (Å²) in [6, 6.07) is 0. The fourth-order valence-electron chi connectivity index (χ4n) is 1.63. The first-order chi connectivity index (χ1) is 7.60. The zero-order valence-electron chi connectivity index (χ0n) is 10.3. The minimum absolute atomic E-state index is 0.205. The maximum absolute atomic E-state index is 8.85. The third-order valence-corrected chi connectivity index (χ3v) is 2.39. The fourth-order valence-corrected chi connectivity index (χ4v) is 1.63. The Morgan fingerprint density at radius 2 is 1.25 bits per heavy atom. The summed E-state index contributed by atoms with van der Waals surface area (Å²) >= 11 is 0. The largest absolute Gasteiger partial charge is 0.457 e. The molecule has 0 aliphatic rings. The van der Waals surface area contributed by atoms with Crippen molar-refractivity contribution in [2.24, 2.45) is 0 Å². The van der Waals surface area contributed by atoms with Gasteiger partial charge in [-0.05, 0) is 6.32 Å². The van der Waals surface area contributed by atoms with Crippen LogP contribution in [0.4, 0.5) is 0 Å². The molecule has 9 heteroatoms. The van der Waals surface area contributed by atoms with Crippen LogP contribution in [0.15, 0.2) is 0 Å². The van der Waals surface area contributed by atoms with Gasteiger partial charge in [0.1, 0.15) is 0 Å². The summed E-state index contributed by atoms with van der Waals surface area (Å²) in [6.07, 6.45) is 0.660. The van der Waals surface area contributed by atoms with Gasteiger partial charge < -0.3 is 28.7 Å². The summed E-state index contributed by atoms with van der Waals surface area (Å²) in [6.45, 7) is 0. The molecule has 0 amide bonds. The standard InChI is InChI=1S/C7H19B3O6/c1-13-9(14-2)7(5-6-8(11)12)10(15-3)16-4/h7,11-12H,5-6H2,1-4H3. The Bertz CT molecular complexity index is 152. The summed E-state index contributed by atoms with van der Waals surface area (Å²) in [7, 11) is 3.67. The maximum Gasteiger partial charge on any atom is 0.457 e. The summed E-state index contributed by atoms with van der Waals surface area (Å²) in [5.41, 5.74) is -0.230. The quantitative estimate of drug-likeness (QED) is 0.512. The molecule has 0 saturated heterocycles. The molecule has 0 radical (unpaired) electrons. The molecule has 0 aromatic heterocycles. The third kappa shape index (κ3) is 5.33. The van der Waals surface area contributed by atoms with Crippen LogP contribution in [-0.2, 0) is 18.6 Å². The molecule has 0 unspecified atom stereocenters. The zero-order chi connectivity index (χ0) is 12.6. The Balaban J connectivity index is 4.46. The van der Waals surface area contributed by atoms with Gasteiger partial charge in [-0.3, -0.25) is 0 Å². The molecule has 0 fully saturated rings. The van der Waals surface area contributed by atoms with E-state index in [4.69, 9.17) is 28.7 Å². The molecular formula is C7H19B3O6. The SMILES string of the molecule is COB(OC)C(CCB(O)O)B(OC)OC. The average Bonchev–Trinajstić information content (AvgIpc) is 2.27. The van der Waals surface area contributed by atoms with Crippen LogP contribution >= 0.6 is 0 Å². The predicted molar refractivity (Wildman–Crippen MR) is 62.9 cm³/mol. The molecule has 0 aromatic carbocycles. The van der Waals surface area contributed by atoms with E-state index in [2.05, 4.69) is 0 Å². The Hall–Kier alpha value is -0.0452. The first-order valence-corrected chi connectivity index (χ1v) is 5.08. The second-order valence-electron chi connectivity index (χ2n) is 3.40. The average molecular weight is 232 g/mol. The summed E-state index contributed by atoms with van der Waals surface area (Å²) < 4.78 is 20.5. The Labute approximate surface area is 97.6 Å². The molecule has 0 rings (SSSR count). The molecule has 16 heavy (non-hydrogen) atoms. The van der Waals surface area contributed by atoms with Crippen molar-refractivity contribution < 1.29 is 28.7 Å². The van der Waals surface area contributed by atoms with E-state index in [0.29, 0.717) is 6.42 Å². The molecule has 0 spiro atoms. The lowest BCUT2D eigenvalue weighted by Crippen LogP contribution is -2.40. The van der Waals surface area contributed by atoms with E-state index in [1.807, 2.05) is 0 Å². The molecule has 2 N–H and O–H groups in total. The second kappa shape index (κ2) is 9.03. The number of hydrogen-bond acceptors (Lipinski definition) is 6. The predicted octanol–water partition coefficient (Wildman–Crippen LogP) is -0.679. The van der Waals surface area contributed by atoms with Crippen LogP contribution in [0.1, 0.15) is 6.42 Å². The van der Waals surface area contributed by atoms with Crippen molar-refractivity contribution in [3.63, 3.8) is 0 Å². The lowest BCUT2D eigenvalue weighted by molar-refractivity contribution is 0.240. The van der Waals surface area contributed by atoms with Crippen LogP contribution in [0.5, 0.6) is 0 Å². The molecule has 0 aromatic rings. The number of hydrogen-bond donors (Lipinski definition) is 2. The van der Waals surface area contributed by atoms with Crippen molar-refractivity contribution in [3.8, 4) is 0 Å². The van der Waals surface area contributed by atoms with E-state index >= 15 is 0 Å². The van der Waals surface area contributed by atoms with E-state index in [-0.39, 0.29) is 12.0 Å². The molecule has 92 valence electrons. The maximum atomic E-state index is 8.85. The summed E-state index contributed by atoms with van der Waals surface area (Å²) in [5, 5.41) is 17.7. The Kier molecular flexibility index (Phi) is 9.01. The van der Waals surface area contributed by atoms with Gasteiger partial charge in [-0.25, -0.2) is 0 Å². The van der Waals surface area contributed by atoms with Crippen molar-refractivity contribution in [1.29, 1.82) is 0 Å². The lowest BCUT2D eigenvalue weighted by Gasteiger charge is -2.23. The molecule has 0 bridgehead atoms. The highest BCUT2D eigenvalue weighted by Gasteiger charge is 2.40. The lowest BCUT2D eigenvalue weighted by atomic mass is 9.48. The fraction of sp³-hybridized carbons (Fsp3) is 1.00. The smallest absolute Gasteiger partial charge is 0.427 e. The van der Waals surface area contributed by atoms with Gasteiger partial charge in [0.25, 0.3) is 0 Å². The van der Waals surface area contributed by atoms with Gasteiger partial charge in [-0.2, -0.15) is 0 Å². The second-order valence-corrected chi connectivity index (χ2v) is 3.40. The van der Waals surface area contributed by atoms with Crippen molar-refractivity contribution in [2.75, 3.05) is 28.4 Å². The highest BCUT2D eigenvalue weighted by atomic mass is 16.6. The minimum Gasteiger partial charge on any atom is -0.427 e. The van der Waals surface area contributed by atoms with Crippen LogP contribution in [-0.4, -0.2) is 59.8 Å². The molecule has 0 heterocycles. The van der Waals surface area contributed by atoms with Gasteiger partial charge in [0.05, 0.1) is 0 Å². The molecule has 0 aliphatic carbocycles. The summed E-state index contributed by atoms with van der Waals surface area (Å²) in [5.74, 6) is 0. The monoisotopic (exact) mass is 232 g/mol. The normalized spacial score (nSPS) is 10.7. The molecule has 0 aliphatic heterocycles. The van der Waals surface area contributed by atoms with Crippen molar-refractivity contribution >= 4 is 21.4 Å². The zero-order valence-corrected chi connectivity index (χ0v) is 10.3. The van der Waals surface area contributed by atoms with E-state index in [1.54, 1.807) is 0 Å². The molecular weight excluding hydrogens is 213 g/mol. The van der Waals surface area contributed by atoms with Gasteiger partial charge in [0, 0.05) is 34.2 Å². The van der Waals surface area contributed by atoms with Gasteiger partial charge in [0.15, 0.2) is 0 Å². The first kappa shape index (κ1) is 16.0. The molecule has 6 nitrogen and oxygen atoms in total.